The van der Waals surface area contributed by atoms with Crippen LogP contribution in [0.1, 0.15) is 34.9 Å². The molecule has 0 spiro atoms. The van der Waals surface area contributed by atoms with E-state index in [9.17, 15) is 0 Å². The molecule has 0 amide bonds. The van der Waals surface area contributed by atoms with Gasteiger partial charge in [0, 0.05) is 43.6 Å². The molecule has 7 heteroatoms. The lowest BCUT2D eigenvalue weighted by Crippen LogP contribution is -2.40. The standard InChI is InChI=1S/C19H28N4O2S/c1-15-13-22-18(26-15)8-10-21-19(20-9-7-16-6-4-12-24-16)23-14-17-5-2-3-11-25-17/h4,6,12-13,17H,2-3,5,7-11,14H2,1H3,(H2,20,21,23). The molecule has 6 nitrogen and oxygen atoms in total. The molecule has 2 N–H and O–H groups in total. The van der Waals surface area contributed by atoms with E-state index in [4.69, 9.17) is 14.1 Å². The smallest absolute Gasteiger partial charge is 0.191 e. The van der Waals surface area contributed by atoms with Crippen molar-refractivity contribution in [3.8, 4) is 0 Å². The number of nitrogens with one attached hydrogen (secondary N) is 2. The zero-order valence-electron chi connectivity index (χ0n) is 15.4. The lowest BCUT2D eigenvalue weighted by atomic mass is 10.1. The Morgan fingerprint density at radius 2 is 2.19 bits per heavy atom. The highest BCUT2D eigenvalue weighted by Crippen LogP contribution is 2.13. The molecule has 26 heavy (non-hydrogen) atoms. The molecule has 0 aliphatic carbocycles. The predicted octanol–water partition coefficient (Wildman–Crippen LogP) is 2.93. The average Bonchev–Trinajstić information content (AvgIpc) is 3.32. The van der Waals surface area contributed by atoms with Crippen molar-refractivity contribution in [2.45, 2.75) is 45.1 Å². The third-order valence-electron chi connectivity index (χ3n) is 4.27. The van der Waals surface area contributed by atoms with Crippen LogP contribution in [0.5, 0.6) is 0 Å². The van der Waals surface area contributed by atoms with Crippen molar-refractivity contribution in [1.29, 1.82) is 0 Å². The molecule has 142 valence electrons. The molecule has 3 rings (SSSR count). The fourth-order valence-electron chi connectivity index (χ4n) is 2.88. The summed E-state index contributed by atoms with van der Waals surface area (Å²) in [6.07, 6.45) is 9.11. The van der Waals surface area contributed by atoms with Gasteiger partial charge in [-0.05, 0) is 38.3 Å². The van der Waals surface area contributed by atoms with Gasteiger partial charge in [0.1, 0.15) is 5.76 Å². The molecule has 1 saturated heterocycles. The van der Waals surface area contributed by atoms with E-state index in [1.54, 1.807) is 17.6 Å². The van der Waals surface area contributed by atoms with Gasteiger partial charge in [0.15, 0.2) is 5.96 Å². The van der Waals surface area contributed by atoms with E-state index in [-0.39, 0.29) is 6.10 Å². The highest BCUT2D eigenvalue weighted by molar-refractivity contribution is 7.11. The minimum absolute atomic E-state index is 0.244. The van der Waals surface area contributed by atoms with E-state index in [0.29, 0.717) is 6.54 Å². The van der Waals surface area contributed by atoms with Gasteiger partial charge in [0.05, 0.1) is 23.9 Å². The van der Waals surface area contributed by atoms with Crippen molar-refractivity contribution in [3.05, 3.63) is 40.2 Å². The summed E-state index contributed by atoms with van der Waals surface area (Å²) in [6, 6.07) is 3.91. The third kappa shape index (κ3) is 6.46. The van der Waals surface area contributed by atoms with Crippen LogP contribution in [0.3, 0.4) is 0 Å². The van der Waals surface area contributed by atoms with Gasteiger partial charge in [-0.25, -0.2) is 4.98 Å². The van der Waals surface area contributed by atoms with Crippen molar-refractivity contribution in [1.82, 2.24) is 15.6 Å². The van der Waals surface area contributed by atoms with Gasteiger partial charge in [-0.3, -0.25) is 4.99 Å². The van der Waals surface area contributed by atoms with E-state index in [2.05, 4.69) is 22.5 Å². The second kappa shape index (κ2) is 10.3. The van der Waals surface area contributed by atoms with Crippen LogP contribution in [0, 0.1) is 6.92 Å². The van der Waals surface area contributed by atoms with Crippen LogP contribution >= 0.6 is 11.3 Å². The summed E-state index contributed by atoms with van der Waals surface area (Å²) in [5.74, 6) is 1.81. The van der Waals surface area contributed by atoms with E-state index in [1.807, 2.05) is 18.3 Å². The first-order chi connectivity index (χ1) is 12.8. The summed E-state index contributed by atoms with van der Waals surface area (Å²) >= 11 is 1.75. The second-order valence-corrected chi connectivity index (χ2v) is 7.79. The summed E-state index contributed by atoms with van der Waals surface area (Å²) in [7, 11) is 0. The van der Waals surface area contributed by atoms with E-state index in [1.165, 1.54) is 17.7 Å². The molecule has 0 bridgehead atoms. The maximum Gasteiger partial charge on any atom is 0.191 e. The van der Waals surface area contributed by atoms with E-state index in [0.717, 1.165) is 55.7 Å². The van der Waals surface area contributed by atoms with Crippen LogP contribution in [0.2, 0.25) is 0 Å². The van der Waals surface area contributed by atoms with Gasteiger partial charge >= 0.3 is 0 Å². The highest BCUT2D eigenvalue weighted by Gasteiger charge is 2.13. The topological polar surface area (TPSA) is 71.7 Å². The van der Waals surface area contributed by atoms with E-state index >= 15 is 0 Å². The summed E-state index contributed by atoms with van der Waals surface area (Å²) in [4.78, 5) is 10.4. The van der Waals surface area contributed by atoms with Crippen molar-refractivity contribution in [2.24, 2.45) is 4.99 Å². The summed E-state index contributed by atoms with van der Waals surface area (Å²) in [5, 5.41) is 7.97. The third-order valence-corrected chi connectivity index (χ3v) is 5.24. The fourth-order valence-corrected chi connectivity index (χ4v) is 3.67. The predicted molar refractivity (Wildman–Crippen MR) is 105 cm³/mol. The molecule has 0 radical (unpaired) electrons. The van der Waals surface area contributed by atoms with Crippen molar-refractivity contribution in [2.75, 3.05) is 26.2 Å². The largest absolute Gasteiger partial charge is 0.469 e. The minimum atomic E-state index is 0.244. The molecule has 1 aliphatic rings. The first-order valence-corrected chi connectivity index (χ1v) is 10.2. The molecule has 1 unspecified atom stereocenters. The molecular weight excluding hydrogens is 348 g/mol. The molecule has 2 aromatic rings. The summed E-state index contributed by atoms with van der Waals surface area (Å²) in [6.45, 7) is 5.23. The maximum absolute atomic E-state index is 5.78. The maximum atomic E-state index is 5.78. The van der Waals surface area contributed by atoms with Gasteiger partial charge in [-0.2, -0.15) is 0 Å². The zero-order valence-corrected chi connectivity index (χ0v) is 16.2. The first-order valence-electron chi connectivity index (χ1n) is 9.37. The number of hydrogen-bond donors (Lipinski definition) is 2. The summed E-state index contributed by atoms with van der Waals surface area (Å²) < 4.78 is 11.2. The Morgan fingerprint density at radius 1 is 1.31 bits per heavy atom. The van der Waals surface area contributed by atoms with Gasteiger partial charge in [0.2, 0.25) is 0 Å². The number of aliphatic imine (C=N–C) groups is 1. The van der Waals surface area contributed by atoms with Crippen molar-refractivity contribution in [3.63, 3.8) is 0 Å². The Morgan fingerprint density at radius 3 is 2.88 bits per heavy atom. The van der Waals surface area contributed by atoms with Gasteiger partial charge in [0.25, 0.3) is 0 Å². The van der Waals surface area contributed by atoms with E-state index < -0.39 is 0 Å². The van der Waals surface area contributed by atoms with Crippen LogP contribution in [-0.4, -0.2) is 43.3 Å². The van der Waals surface area contributed by atoms with Gasteiger partial charge in [-0.15, -0.1) is 11.3 Å². The Bertz CT molecular complexity index is 663. The van der Waals surface area contributed by atoms with Crippen LogP contribution in [0.15, 0.2) is 34.0 Å². The molecule has 0 saturated carbocycles. The number of aromatic nitrogens is 1. The van der Waals surface area contributed by atoms with Gasteiger partial charge < -0.3 is 19.8 Å². The van der Waals surface area contributed by atoms with Crippen molar-refractivity contribution < 1.29 is 9.15 Å². The molecule has 2 aromatic heterocycles. The number of furan rings is 1. The highest BCUT2D eigenvalue weighted by atomic mass is 32.1. The van der Waals surface area contributed by atoms with Crippen LogP contribution in [0.25, 0.3) is 0 Å². The number of hydrogen-bond acceptors (Lipinski definition) is 5. The first kappa shape index (κ1) is 18.9. The Labute approximate surface area is 159 Å². The SMILES string of the molecule is Cc1cnc(CCNC(=NCC2CCCCO2)NCCc2ccco2)s1. The lowest BCUT2D eigenvalue weighted by molar-refractivity contribution is 0.0224. The quantitative estimate of drug-likeness (QED) is 0.547. The van der Waals surface area contributed by atoms with Crippen LogP contribution in [0.4, 0.5) is 0 Å². The monoisotopic (exact) mass is 376 g/mol. The minimum Gasteiger partial charge on any atom is -0.469 e. The number of aryl methyl sites for hydroxylation is 1. The van der Waals surface area contributed by atoms with Crippen LogP contribution < -0.4 is 10.6 Å². The molecule has 0 aromatic carbocycles. The Hall–Kier alpha value is -1.86. The lowest BCUT2D eigenvalue weighted by Gasteiger charge is -2.21. The Kier molecular flexibility index (Phi) is 7.51. The molecule has 1 aliphatic heterocycles. The fraction of sp³-hybridized carbons (Fsp3) is 0.579. The van der Waals surface area contributed by atoms with Crippen molar-refractivity contribution >= 4 is 17.3 Å². The molecule has 1 fully saturated rings. The number of rotatable bonds is 8. The van der Waals surface area contributed by atoms with Gasteiger partial charge in [-0.1, -0.05) is 0 Å². The number of guanidine groups is 1. The Balaban J connectivity index is 1.47. The summed E-state index contributed by atoms with van der Waals surface area (Å²) in [5.41, 5.74) is 0. The normalized spacial score (nSPS) is 18.0. The average molecular weight is 377 g/mol. The second-order valence-electron chi connectivity index (χ2n) is 6.48. The molecule has 3 heterocycles. The zero-order chi connectivity index (χ0) is 18.0. The number of nitrogens with zero attached hydrogens (tertiary/aromatic N) is 2. The number of ether oxygens (including phenoxy) is 1. The number of thiazole rings is 1. The van der Waals surface area contributed by atoms with Crippen LogP contribution in [-0.2, 0) is 17.6 Å². The molecule has 1 atom stereocenters. The molecular formula is C19H28N4O2S.